The Kier molecular flexibility index (Phi) is 2.60. The molecule has 17 heavy (non-hydrogen) atoms. The second-order valence-corrected chi connectivity index (χ2v) is 4.59. The molecule has 0 N–H and O–H groups in total. The van der Waals surface area contributed by atoms with E-state index in [1.54, 1.807) is 0 Å². The molecular formula is C16H17N. The fourth-order valence-corrected chi connectivity index (χ4v) is 2.63. The quantitative estimate of drug-likeness (QED) is 0.713. The third-order valence-electron chi connectivity index (χ3n) is 3.57. The van der Waals surface area contributed by atoms with E-state index in [9.17, 15) is 0 Å². The average Bonchev–Trinajstić information content (AvgIpc) is 2.54. The molecule has 1 heteroatoms. The highest BCUT2D eigenvalue weighted by Gasteiger charge is 2.16. The van der Waals surface area contributed by atoms with Gasteiger partial charge in [-0.3, -0.25) is 0 Å². The molecule has 0 amide bonds. The molecule has 0 radical (unpaired) electrons. The van der Waals surface area contributed by atoms with E-state index in [1.807, 2.05) is 0 Å². The van der Waals surface area contributed by atoms with Crippen LogP contribution in [0.3, 0.4) is 0 Å². The minimum absolute atomic E-state index is 1.03. The van der Waals surface area contributed by atoms with E-state index in [0.717, 1.165) is 19.5 Å². The molecule has 0 aliphatic carbocycles. The first-order chi connectivity index (χ1) is 8.38. The van der Waals surface area contributed by atoms with Crippen LogP contribution in [0.15, 0.2) is 48.5 Å². The van der Waals surface area contributed by atoms with Gasteiger partial charge < -0.3 is 4.90 Å². The number of hydrogen-bond acceptors (Lipinski definition) is 1. The molecule has 0 saturated heterocycles. The monoisotopic (exact) mass is 223 g/mol. The van der Waals surface area contributed by atoms with Crippen molar-refractivity contribution >= 4 is 5.69 Å². The number of fused-ring (bicyclic) bond motifs is 2. The Balaban J connectivity index is 2.13. The Morgan fingerprint density at radius 3 is 2.29 bits per heavy atom. The molecule has 1 heterocycles. The maximum absolute atomic E-state index is 2.46. The molecule has 1 aliphatic heterocycles. The van der Waals surface area contributed by atoms with Gasteiger partial charge in [-0.15, -0.1) is 0 Å². The molecule has 2 aromatic rings. The van der Waals surface area contributed by atoms with Gasteiger partial charge in [0.25, 0.3) is 0 Å². The van der Waals surface area contributed by atoms with Gasteiger partial charge in [-0.1, -0.05) is 42.5 Å². The summed E-state index contributed by atoms with van der Waals surface area (Å²) in [7, 11) is 0. The summed E-state index contributed by atoms with van der Waals surface area (Å²) in [5.41, 5.74) is 5.77. The van der Waals surface area contributed by atoms with Crippen molar-refractivity contribution in [2.24, 2.45) is 0 Å². The summed E-state index contributed by atoms with van der Waals surface area (Å²) in [4.78, 5) is 2.46. The maximum Gasteiger partial charge on any atom is 0.0432 e. The molecule has 0 fully saturated rings. The largest absolute Gasteiger partial charge is 0.367 e. The van der Waals surface area contributed by atoms with Crippen molar-refractivity contribution in [3.63, 3.8) is 0 Å². The van der Waals surface area contributed by atoms with Gasteiger partial charge in [-0.2, -0.15) is 0 Å². The minimum Gasteiger partial charge on any atom is -0.367 e. The van der Waals surface area contributed by atoms with E-state index in [0.29, 0.717) is 0 Å². The smallest absolute Gasteiger partial charge is 0.0432 e. The summed E-state index contributed by atoms with van der Waals surface area (Å²) in [6, 6.07) is 17.6. The fourth-order valence-electron chi connectivity index (χ4n) is 2.63. The lowest BCUT2D eigenvalue weighted by molar-refractivity contribution is 0.834. The highest BCUT2D eigenvalue weighted by molar-refractivity contribution is 5.58. The van der Waals surface area contributed by atoms with Crippen molar-refractivity contribution in [2.45, 2.75) is 19.9 Å². The predicted molar refractivity (Wildman–Crippen MR) is 72.4 cm³/mol. The Bertz CT molecular complexity index is 531. The summed E-state index contributed by atoms with van der Waals surface area (Å²) >= 11 is 0. The van der Waals surface area contributed by atoms with Crippen LogP contribution >= 0.6 is 0 Å². The highest BCUT2D eigenvalue weighted by atomic mass is 15.1. The van der Waals surface area contributed by atoms with Crippen LogP contribution in [-0.4, -0.2) is 6.54 Å². The lowest BCUT2D eigenvalue weighted by atomic mass is 10.0. The Labute approximate surface area is 103 Å². The number of para-hydroxylation sites is 1. The third kappa shape index (κ3) is 1.82. The maximum atomic E-state index is 2.46. The van der Waals surface area contributed by atoms with Crippen molar-refractivity contribution in [1.82, 2.24) is 0 Å². The summed E-state index contributed by atoms with van der Waals surface area (Å²) in [5, 5.41) is 0. The van der Waals surface area contributed by atoms with Gasteiger partial charge >= 0.3 is 0 Å². The van der Waals surface area contributed by atoms with Crippen LogP contribution in [0.2, 0.25) is 0 Å². The molecule has 0 bridgehead atoms. The van der Waals surface area contributed by atoms with E-state index in [1.165, 1.54) is 22.4 Å². The summed E-state index contributed by atoms with van der Waals surface area (Å²) in [5.74, 6) is 0. The van der Waals surface area contributed by atoms with Gasteiger partial charge in [-0.05, 0) is 36.1 Å². The molecule has 1 aliphatic rings. The first-order valence-electron chi connectivity index (χ1n) is 6.28. The standard InChI is InChI=1S/C16H17N/c1-2-17-12-15-9-4-3-7-13(15)11-14-8-5-6-10-16(14)17/h3-10H,2,11-12H2,1H3. The number of benzene rings is 2. The lowest BCUT2D eigenvalue weighted by Gasteiger charge is -2.23. The van der Waals surface area contributed by atoms with Crippen LogP contribution in [0.25, 0.3) is 0 Å². The van der Waals surface area contributed by atoms with Crippen molar-refractivity contribution < 1.29 is 0 Å². The fraction of sp³-hybridized carbons (Fsp3) is 0.250. The normalized spacial score (nSPS) is 13.8. The molecule has 86 valence electrons. The highest BCUT2D eigenvalue weighted by Crippen LogP contribution is 2.29. The van der Waals surface area contributed by atoms with Gasteiger partial charge in [-0.25, -0.2) is 0 Å². The molecular weight excluding hydrogens is 206 g/mol. The van der Waals surface area contributed by atoms with Crippen molar-refractivity contribution in [3.05, 3.63) is 65.2 Å². The van der Waals surface area contributed by atoms with E-state index in [-0.39, 0.29) is 0 Å². The van der Waals surface area contributed by atoms with E-state index in [4.69, 9.17) is 0 Å². The Morgan fingerprint density at radius 2 is 1.53 bits per heavy atom. The van der Waals surface area contributed by atoms with Crippen LogP contribution < -0.4 is 4.90 Å². The zero-order chi connectivity index (χ0) is 11.7. The first kappa shape index (κ1) is 10.4. The molecule has 0 unspecified atom stereocenters. The third-order valence-corrected chi connectivity index (χ3v) is 3.57. The Hall–Kier alpha value is -1.76. The number of hydrogen-bond donors (Lipinski definition) is 0. The first-order valence-corrected chi connectivity index (χ1v) is 6.28. The number of anilines is 1. The van der Waals surface area contributed by atoms with Gasteiger partial charge in [0.2, 0.25) is 0 Å². The zero-order valence-electron chi connectivity index (χ0n) is 10.2. The lowest BCUT2D eigenvalue weighted by Crippen LogP contribution is -2.21. The predicted octanol–water partition coefficient (Wildman–Crippen LogP) is 3.62. The molecule has 2 aromatic carbocycles. The summed E-state index contributed by atoms with van der Waals surface area (Å²) < 4.78 is 0. The van der Waals surface area contributed by atoms with E-state index < -0.39 is 0 Å². The van der Waals surface area contributed by atoms with Crippen LogP contribution in [0.4, 0.5) is 5.69 Å². The van der Waals surface area contributed by atoms with Gasteiger partial charge in [0.15, 0.2) is 0 Å². The van der Waals surface area contributed by atoms with E-state index >= 15 is 0 Å². The summed E-state index contributed by atoms with van der Waals surface area (Å²) in [6.45, 7) is 4.32. The SMILES string of the molecule is CCN1Cc2ccccc2Cc2ccccc21. The summed E-state index contributed by atoms with van der Waals surface area (Å²) in [6.07, 6.45) is 1.06. The van der Waals surface area contributed by atoms with Crippen LogP contribution in [0.5, 0.6) is 0 Å². The second kappa shape index (κ2) is 4.25. The van der Waals surface area contributed by atoms with Crippen molar-refractivity contribution in [1.29, 1.82) is 0 Å². The van der Waals surface area contributed by atoms with Crippen LogP contribution in [0, 0.1) is 0 Å². The number of nitrogens with zero attached hydrogens (tertiary/aromatic N) is 1. The average molecular weight is 223 g/mol. The van der Waals surface area contributed by atoms with Gasteiger partial charge in [0, 0.05) is 18.8 Å². The Morgan fingerprint density at radius 1 is 0.882 bits per heavy atom. The number of rotatable bonds is 1. The topological polar surface area (TPSA) is 3.24 Å². The molecule has 0 saturated carbocycles. The molecule has 0 aromatic heterocycles. The van der Waals surface area contributed by atoms with Gasteiger partial charge in [0.05, 0.1) is 0 Å². The molecule has 3 rings (SSSR count). The second-order valence-electron chi connectivity index (χ2n) is 4.59. The molecule has 0 atom stereocenters. The van der Waals surface area contributed by atoms with Crippen LogP contribution in [0.1, 0.15) is 23.6 Å². The van der Waals surface area contributed by atoms with E-state index in [2.05, 4.69) is 60.4 Å². The van der Waals surface area contributed by atoms with Gasteiger partial charge in [0.1, 0.15) is 0 Å². The van der Waals surface area contributed by atoms with Crippen molar-refractivity contribution in [3.8, 4) is 0 Å². The zero-order valence-corrected chi connectivity index (χ0v) is 10.2. The van der Waals surface area contributed by atoms with Crippen molar-refractivity contribution in [2.75, 3.05) is 11.4 Å². The minimum atomic E-state index is 1.03. The molecule has 0 spiro atoms. The van der Waals surface area contributed by atoms with Crippen LogP contribution in [-0.2, 0) is 13.0 Å². The molecule has 1 nitrogen and oxygen atoms in total.